The third kappa shape index (κ3) is 2.43. The van der Waals surface area contributed by atoms with Crippen LogP contribution in [0.2, 0.25) is 0 Å². The minimum Gasteiger partial charge on any atom is -0.315 e. The van der Waals surface area contributed by atoms with E-state index >= 15 is 0 Å². The lowest BCUT2D eigenvalue weighted by Gasteiger charge is -2.53. The number of carbonyl (C=O) groups excluding carboxylic acids is 3. The van der Waals surface area contributed by atoms with Crippen molar-refractivity contribution in [2.45, 2.75) is 40.0 Å². The molecular formula is C19H24N2O3. The molecule has 1 aromatic carbocycles. The Morgan fingerprint density at radius 1 is 0.958 bits per heavy atom. The van der Waals surface area contributed by atoms with Gasteiger partial charge in [0.25, 0.3) is 0 Å². The van der Waals surface area contributed by atoms with E-state index in [2.05, 4.69) is 5.32 Å². The zero-order chi connectivity index (χ0) is 17.8. The molecule has 0 radical (unpaired) electrons. The first-order valence-electron chi connectivity index (χ1n) is 8.29. The number of anilines is 1. The lowest BCUT2D eigenvalue weighted by atomic mass is 9.52. The molecule has 1 aliphatic heterocycles. The minimum atomic E-state index is -0.750. The van der Waals surface area contributed by atoms with Crippen LogP contribution in [0.5, 0.6) is 0 Å². The number of rotatable bonds is 2. The van der Waals surface area contributed by atoms with Crippen molar-refractivity contribution in [1.29, 1.82) is 0 Å². The van der Waals surface area contributed by atoms with E-state index in [1.54, 1.807) is 11.9 Å². The standard InChI is InChI=1S/C19H24N2O3/c1-17-10-18(2,15(23)20-14(17)22)12-19(3,11-17)16(24)21(4)13-8-6-5-7-9-13/h5-9H,10-12H2,1-4H3,(H,20,22,23). The molecule has 2 unspecified atom stereocenters. The van der Waals surface area contributed by atoms with Gasteiger partial charge in [0.15, 0.2) is 0 Å². The number of hydrogen-bond donors (Lipinski definition) is 1. The Morgan fingerprint density at radius 3 is 1.96 bits per heavy atom. The van der Waals surface area contributed by atoms with Crippen molar-refractivity contribution in [2.24, 2.45) is 16.2 Å². The molecule has 1 aromatic rings. The summed E-state index contributed by atoms with van der Waals surface area (Å²) in [4.78, 5) is 39.6. The van der Waals surface area contributed by atoms with Crippen LogP contribution in [0, 0.1) is 16.2 Å². The average Bonchev–Trinajstić information content (AvgIpc) is 2.52. The molecule has 1 N–H and O–H groups in total. The molecule has 1 saturated heterocycles. The van der Waals surface area contributed by atoms with Gasteiger partial charge in [-0.3, -0.25) is 19.7 Å². The van der Waals surface area contributed by atoms with Gasteiger partial charge in [0.2, 0.25) is 17.7 Å². The molecule has 3 amide bonds. The molecule has 2 aliphatic rings. The molecule has 2 bridgehead atoms. The molecule has 2 atom stereocenters. The van der Waals surface area contributed by atoms with Crippen LogP contribution in [0.3, 0.4) is 0 Å². The Morgan fingerprint density at radius 2 is 1.46 bits per heavy atom. The maximum Gasteiger partial charge on any atom is 0.232 e. The van der Waals surface area contributed by atoms with Crippen molar-refractivity contribution in [1.82, 2.24) is 5.32 Å². The van der Waals surface area contributed by atoms with Gasteiger partial charge >= 0.3 is 0 Å². The number of nitrogens with one attached hydrogen (secondary N) is 1. The number of fused-ring (bicyclic) bond motifs is 2. The van der Waals surface area contributed by atoms with E-state index in [-0.39, 0.29) is 17.7 Å². The quantitative estimate of drug-likeness (QED) is 0.848. The van der Waals surface area contributed by atoms with E-state index in [4.69, 9.17) is 0 Å². The van der Waals surface area contributed by atoms with Gasteiger partial charge < -0.3 is 4.90 Å². The largest absolute Gasteiger partial charge is 0.315 e. The Labute approximate surface area is 142 Å². The van der Waals surface area contributed by atoms with Crippen LogP contribution in [0.4, 0.5) is 5.69 Å². The summed E-state index contributed by atoms with van der Waals surface area (Å²) in [6.45, 7) is 5.61. The van der Waals surface area contributed by atoms with Crippen LogP contribution in [-0.4, -0.2) is 24.8 Å². The predicted molar refractivity (Wildman–Crippen MR) is 91.2 cm³/mol. The Bertz CT molecular complexity index is 687. The highest BCUT2D eigenvalue weighted by molar-refractivity contribution is 6.05. The SMILES string of the molecule is CN(C(=O)C1(C)CC2(C)CC(C)(C1)C(=O)NC2=O)c1ccccc1. The van der Waals surface area contributed by atoms with Crippen LogP contribution in [-0.2, 0) is 14.4 Å². The second kappa shape index (κ2) is 5.16. The zero-order valence-corrected chi connectivity index (χ0v) is 14.7. The van der Waals surface area contributed by atoms with E-state index in [1.165, 1.54) is 0 Å². The highest BCUT2D eigenvalue weighted by Gasteiger charge is 2.61. The summed E-state index contributed by atoms with van der Waals surface area (Å²) in [5.74, 6) is -0.564. The summed E-state index contributed by atoms with van der Waals surface area (Å²) < 4.78 is 0. The molecule has 3 rings (SSSR count). The summed E-state index contributed by atoms with van der Waals surface area (Å²) in [7, 11) is 1.75. The molecule has 128 valence electrons. The number of para-hydroxylation sites is 1. The Kier molecular flexibility index (Phi) is 3.59. The van der Waals surface area contributed by atoms with Gasteiger partial charge in [-0.15, -0.1) is 0 Å². The van der Waals surface area contributed by atoms with Crippen LogP contribution in [0.25, 0.3) is 0 Å². The van der Waals surface area contributed by atoms with E-state index in [1.807, 2.05) is 51.1 Å². The van der Waals surface area contributed by atoms with Crippen LogP contribution in [0.15, 0.2) is 30.3 Å². The lowest BCUT2D eigenvalue weighted by Crippen LogP contribution is -2.63. The maximum absolute atomic E-state index is 13.2. The van der Waals surface area contributed by atoms with Gasteiger partial charge in [-0.25, -0.2) is 0 Å². The minimum absolute atomic E-state index is 0.0478. The number of benzene rings is 1. The molecule has 1 heterocycles. The number of carbonyl (C=O) groups is 3. The number of hydrogen-bond acceptors (Lipinski definition) is 3. The van der Waals surface area contributed by atoms with Gasteiger partial charge in [0.05, 0.1) is 0 Å². The van der Waals surface area contributed by atoms with Gasteiger partial charge in [0.1, 0.15) is 0 Å². The zero-order valence-electron chi connectivity index (χ0n) is 14.7. The number of nitrogens with zero attached hydrogens (tertiary/aromatic N) is 1. The van der Waals surface area contributed by atoms with Crippen molar-refractivity contribution >= 4 is 23.4 Å². The summed E-state index contributed by atoms with van der Waals surface area (Å²) in [6.07, 6.45) is 1.40. The molecule has 0 aromatic heterocycles. The summed E-state index contributed by atoms with van der Waals surface area (Å²) in [6, 6.07) is 9.44. The molecule has 5 nitrogen and oxygen atoms in total. The summed E-state index contributed by atoms with van der Waals surface area (Å²) >= 11 is 0. The van der Waals surface area contributed by atoms with Crippen molar-refractivity contribution in [2.75, 3.05) is 11.9 Å². The third-order valence-electron chi connectivity index (χ3n) is 5.63. The maximum atomic E-state index is 13.2. The van der Waals surface area contributed by atoms with Crippen molar-refractivity contribution in [3.8, 4) is 0 Å². The van der Waals surface area contributed by atoms with Gasteiger partial charge in [0, 0.05) is 29.0 Å². The number of imide groups is 1. The fraction of sp³-hybridized carbons (Fsp3) is 0.526. The average molecular weight is 328 g/mol. The second-order valence-corrected chi connectivity index (χ2v) is 8.20. The first-order chi connectivity index (χ1) is 11.1. The van der Waals surface area contributed by atoms with Gasteiger partial charge in [-0.2, -0.15) is 0 Å². The fourth-order valence-electron chi connectivity index (χ4n) is 4.82. The molecule has 1 saturated carbocycles. The molecular weight excluding hydrogens is 304 g/mol. The summed E-state index contributed by atoms with van der Waals surface area (Å²) in [5, 5.41) is 2.50. The highest BCUT2D eigenvalue weighted by Crippen LogP contribution is 2.57. The topological polar surface area (TPSA) is 66.5 Å². The van der Waals surface area contributed by atoms with Gasteiger partial charge in [-0.1, -0.05) is 39.0 Å². The third-order valence-corrected chi connectivity index (χ3v) is 5.63. The highest BCUT2D eigenvalue weighted by atomic mass is 16.2. The van der Waals surface area contributed by atoms with E-state index in [0.29, 0.717) is 19.3 Å². The van der Waals surface area contributed by atoms with Crippen molar-refractivity contribution in [3.63, 3.8) is 0 Å². The Balaban J connectivity index is 1.96. The second-order valence-electron chi connectivity index (χ2n) is 8.20. The monoisotopic (exact) mass is 328 g/mol. The van der Waals surface area contributed by atoms with Crippen LogP contribution < -0.4 is 10.2 Å². The van der Waals surface area contributed by atoms with Crippen LogP contribution in [0.1, 0.15) is 40.0 Å². The molecule has 24 heavy (non-hydrogen) atoms. The molecule has 5 heteroatoms. The number of amides is 3. The van der Waals surface area contributed by atoms with Crippen molar-refractivity contribution < 1.29 is 14.4 Å². The lowest BCUT2D eigenvalue weighted by molar-refractivity contribution is -0.163. The molecule has 1 aliphatic carbocycles. The number of piperidine rings is 1. The Hall–Kier alpha value is -2.17. The predicted octanol–water partition coefficient (Wildman–Crippen LogP) is 2.51. The molecule has 0 spiro atoms. The van der Waals surface area contributed by atoms with E-state index in [9.17, 15) is 14.4 Å². The summed E-state index contributed by atoms with van der Waals surface area (Å²) in [5.41, 5.74) is -1.32. The van der Waals surface area contributed by atoms with Gasteiger partial charge in [-0.05, 0) is 31.4 Å². The smallest absolute Gasteiger partial charge is 0.232 e. The van der Waals surface area contributed by atoms with Crippen molar-refractivity contribution in [3.05, 3.63) is 30.3 Å². The first-order valence-corrected chi connectivity index (χ1v) is 8.29. The van der Waals surface area contributed by atoms with E-state index < -0.39 is 16.2 Å². The molecule has 2 fully saturated rings. The first kappa shape index (κ1) is 16.7. The van der Waals surface area contributed by atoms with Crippen LogP contribution >= 0.6 is 0 Å². The fourth-order valence-corrected chi connectivity index (χ4v) is 4.82. The van der Waals surface area contributed by atoms with E-state index in [0.717, 1.165) is 5.69 Å². The normalized spacial score (nSPS) is 35.3.